The molecule has 0 spiro atoms. The van der Waals surface area contributed by atoms with E-state index in [1.165, 1.54) is 0 Å². The fourth-order valence-corrected chi connectivity index (χ4v) is 2.83. The molecule has 0 aliphatic rings. The van der Waals surface area contributed by atoms with E-state index in [2.05, 4.69) is 13.2 Å². The van der Waals surface area contributed by atoms with Crippen molar-refractivity contribution >= 4 is 24.1 Å². The van der Waals surface area contributed by atoms with Gasteiger partial charge in [0.2, 0.25) is 0 Å². The van der Waals surface area contributed by atoms with Crippen molar-refractivity contribution in [1.82, 2.24) is 0 Å². The minimum atomic E-state index is -0.450. The van der Waals surface area contributed by atoms with Crippen LogP contribution >= 0.6 is 0 Å². The average molecular weight is 417 g/mol. The Balaban J connectivity index is 2.32. The quantitative estimate of drug-likeness (QED) is 0.288. The molecule has 0 saturated carbocycles. The number of carbonyl (C=O) groups excluding carboxylic acids is 2. The highest BCUT2D eigenvalue weighted by molar-refractivity contribution is 5.90. The van der Waals surface area contributed by atoms with E-state index in [0.29, 0.717) is 29.1 Å². The van der Waals surface area contributed by atoms with Crippen molar-refractivity contribution in [3.63, 3.8) is 0 Å². The highest BCUT2D eigenvalue weighted by Crippen LogP contribution is 2.27. The summed E-state index contributed by atoms with van der Waals surface area (Å²) in [7, 11) is 0. The SMILES string of the molecule is C=C(C)C(=O)Oc1ccc(Cc2ccc(OC(=O)C(=C)C)c(/C=C\C)c2)cc1/C=C\C. The Hall–Kier alpha value is -3.66. The highest BCUT2D eigenvalue weighted by Gasteiger charge is 2.12. The van der Waals surface area contributed by atoms with E-state index < -0.39 is 11.9 Å². The molecule has 0 aliphatic heterocycles. The molecule has 31 heavy (non-hydrogen) atoms. The number of rotatable bonds is 8. The van der Waals surface area contributed by atoms with Crippen molar-refractivity contribution in [2.24, 2.45) is 0 Å². The number of ether oxygens (including phenoxy) is 2. The van der Waals surface area contributed by atoms with Gasteiger partial charge in [0.05, 0.1) is 0 Å². The number of hydrogen-bond donors (Lipinski definition) is 0. The van der Waals surface area contributed by atoms with Crippen LogP contribution in [0.4, 0.5) is 0 Å². The molecule has 0 heterocycles. The largest absolute Gasteiger partial charge is 0.423 e. The molecule has 2 aromatic carbocycles. The van der Waals surface area contributed by atoms with Gasteiger partial charge in [-0.2, -0.15) is 0 Å². The number of hydrogen-bond acceptors (Lipinski definition) is 4. The molecule has 0 saturated heterocycles. The Morgan fingerprint density at radius 2 is 1.16 bits per heavy atom. The second-order valence-electron chi connectivity index (χ2n) is 7.26. The first-order valence-electron chi connectivity index (χ1n) is 10.0. The van der Waals surface area contributed by atoms with E-state index in [4.69, 9.17) is 9.47 Å². The van der Waals surface area contributed by atoms with E-state index in [-0.39, 0.29) is 0 Å². The molecule has 0 N–H and O–H groups in total. The first-order chi connectivity index (χ1) is 14.7. The number of esters is 2. The molecule has 4 nitrogen and oxygen atoms in total. The normalized spacial score (nSPS) is 11.0. The lowest BCUT2D eigenvalue weighted by atomic mass is 9.99. The van der Waals surface area contributed by atoms with Gasteiger partial charge in [0.1, 0.15) is 11.5 Å². The first-order valence-corrected chi connectivity index (χ1v) is 10.0. The maximum Gasteiger partial charge on any atom is 0.338 e. The third-order valence-corrected chi connectivity index (χ3v) is 4.35. The van der Waals surface area contributed by atoms with Crippen LogP contribution in [0.1, 0.15) is 49.9 Å². The van der Waals surface area contributed by atoms with Crippen LogP contribution in [-0.4, -0.2) is 11.9 Å². The fraction of sp³-hybridized carbons (Fsp3) is 0.185. The van der Waals surface area contributed by atoms with Gasteiger partial charge in [-0.15, -0.1) is 0 Å². The molecule has 0 amide bonds. The lowest BCUT2D eigenvalue weighted by Gasteiger charge is -2.12. The smallest absolute Gasteiger partial charge is 0.338 e. The van der Waals surface area contributed by atoms with Gasteiger partial charge >= 0.3 is 11.9 Å². The third-order valence-electron chi connectivity index (χ3n) is 4.35. The van der Waals surface area contributed by atoms with Crippen LogP contribution in [0.2, 0.25) is 0 Å². The third kappa shape index (κ3) is 6.68. The molecular weight excluding hydrogens is 388 g/mol. The van der Waals surface area contributed by atoms with Crippen molar-refractivity contribution in [2.75, 3.05) is 0 Å². The topological polar surface area (TPSA) is 52.6 Å². The predicted molar refractivity (Wildman–Crippen MR) is 126 cm³/mol. The van der Waals surface area contributed by atoms with Crippen molar-refractivity contribution in [2.45, 2.75) is 34.1 Å². The summed E-state index contributed by atoms with van der Waals surface area (Å²) in [6.45, 7) is 14.3. The zero-order valence-corrected chi connectivity index (χ0v) is 18.5. The van der Waals surface area contributed by atoms with Crippen molar-refractivity contribution < 1.29 is 19.1 Å². The molecule has 0 radical (unpaired) electrons. The summed E-state index contributed by atoms with van der Waals surface area (Å²) in [5.74, 6) is 0.0850. The van der Waals surface area contributed by atoms with Gasteiger partial charge in [0.15, 0.2) is 0 Å². The lowest BCUT2D eigenvalue weighted by molar-refractivity contribution is -0.130. The van der Waals surface area contributed by atoms with Crippen LogP contribution in [0, 0.1) is 0 Å². The predicted octanol–water partition coefficient (Wildman–Crippen LogP) is 6.31. The van der Waals surface area contributed by atoms with E-state index in [0.717, 1.165) is 22.3 Å². The Kier molecular flexibility index (Phi) is 8.33. The molecule has 4 heteroatoms. The standard InChI is InChI=1S/C27H28O4/c1-7-9-22-16-20(11-13-24(22)30-26(28)18(3)4)15-21-12-14-25(23(17-21)10-8-2)31-27(29)19(5)6/h7-14,16-17H,3,5,15H2,1-2,4,6H3/b9-7-,10-8-. The summed E-state index contributed by atoms with van der Waals surface area (Å²) < 4.78 is 10.9. The van der Waals surface area contributed by atoms with Crippen LogP contribution in [0.5, 0.6) is 11.5 Å². The van der Waals surface area contributed by atoms with Gasteiger partial charge in [-0.25, -0.2) is 9.59 Å². The van der Waals surface area contributed by atoms with Crippen LogP contribution in [0.3, 0.4) is 0 Å². The number of benzene rings is 2. The molecule has 0 atom stereocenters. The van der Waals surface area contributed by atoms with Crippen LogP contribution < -0.4 is 9.47 Å². The lowest BCUT2D eigenvalue weighted by Crippen LogP contribution is -2.09. The maximum atomic E-state index is 11.9. The summed E-state index contributed by atoms with van der Waals surface area (Å²) >= 11 is 0. The fourth-order valence-electron chi connectivity index (χ4n) is 2.83. The molecular formula is C27H28O4. The minimum Gasteiger partial charge on any atom is -0.423 e. The van der Waals surface area contributed by atoms with Gasteiger partial charge in [0, 0.05) is 22.3 Å². The summed E-state index contributed by atoms with van der Waals surface area (Å²) in [5.41, 5.74) is 4.44. The van der Waals surface area contributed by atoms with Gasteiger partial charge in [0.25, 0.3) is 0 Å². The van der Waals surface area contributed by atoms with Crippen LogP contribution in [0.15, 0.2) is 72.9 Å². The molecule has 0 aliphatic carbocycles. The Morgan fingerprint density at radius 1 is 0.774 bits per heavy atom. The second kappa shape index (κ2) is 10.9. The van der Waals surface area contributed by atoms with Gasteiger partial charge in [-0.05, 0) is 69.5 Å². The van der Waals surface area contributed by atoms with Gasteiger partial charge in [-0.1, -0.05) is 49.6 Å². The summed E-state index contributed by atoms with van der Waals surface area (Å²) in [5, 5.41) is 0. The molecule has 160 valence electrons. The molecule has 0 unspecified atom stereocenters. The summed E-state index contributed by atoms with van der Waals surface area (Å²) in [4.78, 5) is 23.8. The van der Waals surface area contributed by atoms with Crippen molar-refractivity contribution in [1.29, 1.82) is 0 Å². The zero-order valence-electron chi connectivity index (χ0n) is 18.5. The van der Waals surface area contributed by atoms with E-state index in [9.17, 15) is 9.59 Å². The highest BCUT2D eigenvalue weighted by atomic mass is 16.5. The van der Waals surface area contributed by atoms with E-state index in [1.54, 1.807) is 26.0 Å². The number of carbonyl (C=O) groups is 2. The Morgan fingerprint density at radius 3 is 1.48 bits per heavy atom. The van der Waals surface area contributed by atoms with Crippen LogP contribution in [0.25, 0.3) is 12.2 Å². The van der Waals surface area contributed by atoms with E-state index in [1.807, 2.05) is 62.4 Å². The summed E-state index contributed by atoms with van der Waals surface area (Å²) in [6.07, 6.45) is 8.25. The van der Waals surface area contributed by atoms with Gasteiger partial charge < -0.3 is 9.47 Å². The number of allylic oxidation sites excluding steroid dienone is 2. The van der Waals surface area contributed by atoms with E-state index >= 15 is 0 Å². The molecule has 2 rings (SSSR count). The Labute approximate surface area is 184 Å². The Bertz CT molecular complexity index is 985. The molecule has 0 aromatic heterocycles. The van der Waals surface area contributed by atoms with Gasteiger partial charge in [-0.3, -0.25) is 0 Å². The monoisotopic (exact) mass is 416 g/mol. The van der Waals surface area contributed by atoms with Crippen molar-refractivity contribution in [3.05, 3.63) is 95.1 Å². The first kappa shape index (κ1) is 23.6. The minimum absolute atomic E-state index is 0.347. The maximum absolute atomic E-state index is 11.9. The molecule has 0 fully saturated rings. The second-order valence-corrected chi connectivity index (χ2v) is 7.26. The summed E-state index contributed by atoms with van der Waals surface area (Å²) in [6, 6.07) is 11.4. The molecule has 0 bridgehead atoms. The average Bonchev–Trinajstić information content (AvgIpc) is 2.71. The zero-order chi connectivity index (χ0) is 23.0. The van der Waals surface area contributed by atoms with Crippen molar-refractivity contribution in [3.8, 4) is 11.5 Å². The van der Waals surface area contributed by atoms with Crippen LogP contribution in [-0.2, 0) is 16.0 Å². The molecule has 2 aromatic rings.